The number of nitrogens with zero attached hydrogens (tertiary/aromatic N) is 4. The van der Waals surface area contributed by atoms with Gasteiger partial charge in [0.15, 0.2) is 0 Å². The maximum Gasteiger partial charge on any atom is 0.416 e. The van der Waals surface area contributed by atoms with E-state index in [0.717, 1.165) is 138 Å². The highest BCUT2D eigenvalue weighted by atomic mass is 35.5. The molecule has 0 atom stereocenters. The third kappa shape index (κ3) is 24.2. The number of carboxylic acid groups (broad SMARTS) is 2. The zero-order valence-corrected chi connectivity index (χ0v) is 56.6. The topological polar surface area (TPSA) is 282 Å². The highest BCUT2D eigenvalue weighted by Gasteiger charge is 2.33. The molecular formula is C67H69Cl4F6N5O15. The van der Waals surface area contributed by atoms with Gasteiger partial charge in [-0.15, -0.1) is 23.2 Å². The van der Waals surface area contributed by atoms with Crippen molar-refractivity contribution in [3.63, 3.8) is 0 Å². The van der Waals surface area contributed by atoms with Crippen LogP contribution in [-0.2, 0) is 74.7 Å². The highest BCUT2D eigenvalue weighted by molar-refractivity contribution is 6.32. The number of para-hydroxylation sites is 2. The van der Waals surface area contributed by atoms with Crippen molar-refractivity contribution in [2.45, 2.75) is 92.4 Å². The summed E-state index contributed by atoms with van der Waals surface area (Å²) in [6.07, 6.45) is -4.35. The number of rotatable bonds is 23. The number of ether oxygens (including phenoxy) is 4. The van der Waals surface area contributed by atoms with Crippen LogP contribution in [0.1, 0.15) is 105 Å². The van der Waals surface area contributed by atoms with Crippen LogP contribution in [0.5, 0.6) is 23.0 Å². The average molecular weight is 1440 g/mol. The number of nitro benzene ring substituents is 2. The quantitative estimate of drug-likeness (QED) is 0.0176. The van der Waals surface area contributed by atoms with Gasteiger partial charge in [-0.05, 0) is 127 Å². The van der Waals surface area contributed by atoms with E-state index in [9.17, 15) is 70.5 Å². The maximum absolute atomic E-state index is 12.6. The lowest BCUT2D eigenvalue weighted by Gasteiger charge is -2.26. The number of alkyl halides is 8. The number of aromatic carboxylic acids is 2. The minimum absolute atomic E-state index is 0.0371. The minimum atomic E-state index is -4.58. The number of anilines is 2. The smallest absolute Gasteiger partial charge is 0.416 e. The molecule has 97 heavy (non-hydrogen) atoms. The minimum Gasteiger partial charge on any atom is -0.477 e. The summed E-state index contributed by atoms with van der Waals surface area (Å²) in [5.41, 5.74) is 10.6. The Balaban J connectivity index is 0.000000321. The molecule has 7 aromatic carbocycles. The third-order valence-corrected chi connectivity index (χ3v) is 14.9. The van der Waals surface area contributed by atoms with Crippen LogP contribution < -0.4 is 25.0 Å². The molecule has 0 aliphatic rings. The lowest BCUT2D eigenvalue weighted by molar-refractivity contribution is -0.385. The summed E-state index contributed by atoms with van der Waals surface area (Å²) in [4.78, 5) is 79.8. The van der Waals surface area contributed by atoms with Gasteiger partial charge in [-0.25, -0.2) is 9.59 Å². The van der Waals surface area contributed by atoms with Crippen molar-refractivity contribution in [1.29, 1.82) is 0 Å². The van der Waals surface area contributed by atoms with E-state index >= 15 is 0 Å². The number of carboxylic acids is 2. The Kier molecular flexibility index (Phi) is 33.2. The number of hydrogen-bond acceptors (Lipinski definition) is 13. The average Bonchev–Trinajstić information content (AvgIpc) is 0.853. The summed E-state index contributed by atoms with van der Waals surface area (Å²) in [5.74, 6) is -4.26. The summed E-state index contributed by atoms with van der Waals surface area (Å²) < 4.78 is 96.0. The summed E-state index contributed by atoms with van der Waals surface area (Å²) in [6, 6.07) is 28.8. The number of halogens is 10. The van der Waals surface area contributed by atoms with Gasteiger partial charge in [0.2, 0.25) is 17.7 Å². The van der Waals surface area contributed by atoms with Crippen LogP contribution in [0.4, 0.5) is 49.1 Å². The van der Waals surface area contributed by atoms with Crippen molar-refractivity contribution in [3.8, 4) is 23.0 Å². The van der Waals surface area contributed by atoms with Crippen LogP contribution >= 0.6 is 46.4 Å². The molecule has 20 nitrogen and oxygen atoms in total. The second-order valence-electron chi connectivity index (χ2n) is 20.2. The molecule has 7 rings (SSSR count). The van der Waals surface area contributed by atoms with Gasteiger partial charge in [-0.3, -0.25) is 44.4 Å². The lowest BCUT2D eigenvalue weighted by atomic mass is 9.97. The van der Waals surface area contributed by atoms with Gasteiger partial charge < -0.3 is 34.9 Å². The fourth-order valence-corrected chi connectivity index (χ4v) is 9.89. The van der Waals surface area contributed by atoms with E-state index in [0.29, 0.717) is 18.6 Å². The van der Waals surface area contributed by atoms with Crippen molar-refractivity contribution in [3.05, 3.63) is 219 Å². The van der Waals surface area contributed by atoms with Crippen LogP contribution in [0.15, 0.2) is 127 Å². The van der Waals surface area contributed by atoms with Crippen LogP contribution in [-0.4, -0.2) is 89.2 Å². The van der Waals surface area contributed by atoms with E-state index in [4.69, 9.17) is 81.3 Å². The molecule has 0 heterocycles. The third-order valence-electron chi connectivity index (χ3n) is 13.8. The predicted molar refractivity (Wildman–Crippen MR) is 357 cm³/mol. The molecule has 0 aromatic heterocycles. The summed E-state index contributed by atoms with van der Waals surface area (Å²) in [6.45, 7) is 12.9. The van der Waals surface area contributed by atoms with Crippen molar-refractivity contribution in [1.82, 2.24) is 0 Å². The number of nitro groups is 2. The largest absolute Gasteiger partial charge is 0.477 e. The van der Waals surface area contributed by atoms with Crippen LogP contribution in [0.3, 0.4) is 0 Å². The molecule has 3 amide bonds. The molecule has 0 aliphatic carbocycles. The van der Waals surface area contributed by atoms with E-state index in [1.807, 2.05) is 61.5 Å². The Labute approximate surface area is 574 Å². The molecule has 0 saturated heterocycles. The van der Waals surface area contributed by atoms with Crippen LogP contribution in [0.25, 0.3) is 0 Å². The Hall–Kier alpha value is -9.05. The molecule has 0 aliphatic heterocycles. The van der Waals surface area contributed by atoms with Crippen molar-refractivity contribution < 1.29 is 89.3 Å². The number of benzene rings is 7. The number of aryl methyl sites for hydroxylation is 6. The number of nitrogens with two attached hydrogens (primary N) is 1. The van der Waals surface area contributed by atoms with Gasteiger partial charge in [-0.1, -0.05) is 112 Å². The van der Waals surface area contributed by atoms with E-state index in [1.54, 1.807) is 24.0 Å². The SMILES string of the molecule is CCc1cccc(C)c1CC(N)=O.CCc1cccc(CC)c1N(COC)C(=O)CCl.CCc1cccc(CC)c1N(COC)C(=O)CCl.O=C(O)c1cc(Oc2ccc(C(F)(F)F)cc2Cl)ccc1[N+](=O)[O-].O=C(O)c1cc(Oc2ccc(C(F)(F)F)cc2Cl)ccc1[N+](=O)[O-]. The Bertz CT molecular complexity index is 3640. The molecule has 0 saturated carbocycles. The molecule has 0 radical (unpaired) electrons. The zero-order valence-electron chi connectivity index (χ0n) is 53.5. The summed E-state index contributed by atoms with van der Waals surface area (Å²) in [5, 5.41) is 38.8. The molecule has 0 unspecified atom stereocenters. The van der Waals surface area contributed by atoms with Crippen LogP contribution in [0, 0.1) is 27.2 Å². The molecule has 0 bridgehead atoms. The Morgan fingerprint density at radius 1 is 0.526 bits per heavy atom. The number of primary amides is 1. The first-order valence-electron chi connectivity index (χ1n) is 29.1. The van der Waals surface area contributed by atoms with E-state index in [2.05, 4.69) is 34.6 Å². The number of carbonyl (C=O) groups is 5. The van der Waals surface area contributed by atoms with Gasteiger partial charge in [0.25, 0.3) is 11.4 Å². The second kappa shape index (κ2) is 39.2. The van der Waals surface area contributed by atoms with Gasteiger partial charge in [0, 0.05) is 38.5 Å². The second-order valence-corrected chi connectivity index (χ2v) is 21.5. The summed E-state index contributed by atoms with van der Waals surface area (Å²) in [7, 11) is 3.16. The first-order chi connectivity index (χ1) is 45.7. The lowest BCUT2D eigenvalue weighted by Crippen LogP contribution is -2.35. The fraction of sp³-hybridized carbons (Fsp3) is 0.299. The standard InChI is InChI=1S/2C14H7ClF3NO5.2C14H20ClNO2.C11H15NO/c2*15-10-5-7(14(16,17)18)1-4-12(10)24-8-2-3-11(19(22)23)9(6-8)13(20)21;2*1-4-11-7-6-8-12(5-2)14(11)16(10-18-3)13(17)9-15;1-3-9-6-4-5-8(2)10(9)7-11(12)13/h2*1-6H,(H,20,21);2*6-8H,4-5,9-10H2,1-3H3;4-6H,3,7H2,1-2H3,(H2,12,13). The van der Waals surface area contributed by atoms with Crippen LogP contribution in [0.2, 0.25) is 10.0 Å². The zero-order chi connectivity index (χ0) is 73.1. The van der Waals surface area contributed by atoms with Gasteiger partial charge >= 0.3 is 24.3 Å². The Morgan fingerprint density at radius 3 is 1.12 bits per heavy atom. The molecule has 30 heteroatoms. The van der Waals surface area contributed by atoms with E-state index in [1.165, 1.54) is 5.56 Å². The Morgan fingerprint density at radius 2 is 0.856 bits per heavy atom. The van der Waals surface area contributed by atoms with Gasteiger partial charge in [0.1, 0.15) is 59.3 Å². The predicted octanol–water partition coefficient (Wildman–Crippen LogP) is 17.1. The molecule has 0 spiro atoms. The molecule has 7 aromatic rings. The number of methoxy groups -OCH3 is 2. The van der Waals surface area contributed by atoms with E-state index in [-0.39, 0.29) is 76.0 Å². The molecule has 0 fully saturated rings. The fourth-order valence-electron chi connectivity index (χ4n) is 9.16. The number of hydrogen-bond donors (Lipinski definition) is 3. The molecule has 522 valence electrons. The van der Waals surface area contributed by atoms with E-state index < -0.39 is 67.8 Å². The molecular weight excluding hydrogens is 1370 g/mol. The number of carbonyl (C=O) groups excluding carboxylic acids is 3. The van der Waals surface area contributed by atoms with Gasteiger partial charge in [-0.2, -0.15) is 26.3 Å². The summed E-state index contributed by atoms with van der Waals surface area (Å²) >= 11 is 22.8. The van der Waals surface area contributed by atoms with Crippen molar-refractivity contribution >= 4 is 98.8 Å². The molecule has 4 N–H and O–H groups in total. The number of amides is 3. The normalized spacial score (nSPS) is 10.7. The van der Waals surface area contributed by atoms with Gasteiger partial charge in [0.05, 0.1) is 48.8 Å². The maximum atomic E-state index is 12.6. The van der Waals surface area contributed by atoms with Crippen molar-refractivity contribution in [2.24, 2.45) is 5.73 Å². The highest BCUT2D eigenvalue weighted by Crippen LogP contribution is 2.40. The van der Waals surface area contributed by atoms with Crippen molar-refractivity contribution in [2.75, 3.05) is 49.2 Å². The first kappa shape index (κ1) is 82.2. The monoisotopic (exact) mass is 1440 g/mol. The first-order valence-corrected chi connectivity index (χ1v) is 30.9.